The van der Waals surface area contributed by atoms with Crippen LogP contribution in [0.2, 0.25) is 0 Å². The standard InChI is InChI=1S/C16H22ClNO4/c1-11-6-5-7-12(2)15(11)18(14(19)10-17)13(3)16(20)22-9-8-21-4/h5-7,13H,8-10H2,1-4H3. The number of hydrogen-bond donors (Lipinski definition) is 0. The molecular formula is C16H22ClNO4. The van der Waals surface area contributed by atoms with Gasteiger partial charge in [0.25, 0.3) is 0 Å². The largest absolute Gasteiger partial charge is 0.462 e. The number of rotatable bonds is 7. The van der Waals surface area contributed by atoms with E-state index in [1.54, 1.807) is 6.92 Å². The van der Waals surface area contributed by atoms with Crippen LogP contribution in [0, 0.1) is 13.8 Å². The Hall–Kier alpha value is -1.59. The maximum atomic E-state index is 12.3. The molecule has 1 unspecified atom stereocenters. The highest BCUT2D eigenvalue weighted by Crippen LogP contribution is 2.27. The minimum Gasteiger partial charge on any atom is -0.462 e. The first kappa shape index (κ1) is 18.5. The molecule has 1 aromatic carbocycles. The highest BCUT2D eigenvalue weighted by atomic mass is 35.5. The number of amides is 1. The Labute approximate surface area is 136 Å². The lowest BCUT2D eigenvalue weighted by molar-refractivity contribution is -0.147. The van der Waals surface area contributed by atoms with Crippen molar-refractivity contribution in [1.82, 2.24) is 0 Å². The molecule has 0 spiro atoms. The minimum atomic E-state index is -0.761. The molecule has 0 radical (unpaired) electrons. The molecule has 0 N–H and O–H groups in total. The fourth-order valence-corrected chi connectivity index (χ4v) is 2.36. The lowest BCUT2D eigenvalue weighted by atomic mass is 10.1. The summed E-state index contributed by atoms with van der Waals surface area (Å²) >= 11 is 5.71. The van der Waals surface area contributed by atoms with Crippen LogP contribution in [0.1, 0.15) is 18.1 Å². The van der Waals surface area contributed by atoms with Crippen LogP contribution in [0.4, 0.5) is 5.69 Å². The smallest absolute Gasteiger partial charge is 0.329 e. The van der Waals surface area contributed by atoms with Crippen LogP contribution in [-0.2, 0) is 19.1 Å². The summed E-state index contributed by atoms with van der Waals surface area (Å²) in [5.41, 5.74) is 2.49. The Bertz CT molecular complexity index is 513. The lowest BCUT2D eigenvalue weighted by Gasteiger charge is -2.30. The third kappa shape index (κ3) is 4.45. The van der Waals surface area contributed by atoms with E-state index in [1.807, 2.05) is 32.0 Å². The zero-order chi connectivity index (χ0) is 16.7. The van der Waals surface area contributed by atoms with E-state index in [1.165, 1.54) is 12.0 Å². The van der Waals surface area contributed by atoms with Crippen LogP contribution in [-0.4, -0.2) is 44.1 Å². The molecule has 122 valence electrons. The monoisotopic (exact) mass is 327 g/mol. The van der Waals surface area contributed by atoms with Gasteiger partial charge in [0.15, 0.2) is 0 Å². The number of nitrogens with zero attached hydrogens (tertiary/aromatic N) is 1. The molecule has 22 heavy (non-hydrogen) atoms. The molecule has 6 heteroatoms. The summed E-state index contributed by atoms with van der Waals surface area (Å²) in [6.07, 6.45) is 0. The number of esters is 1. The van der Waals surface area contributed by atoms with E-state index >= 15 is 0 Å². The Kier molecular flexibility index (Phi) is 7.35. The number of alkyl halides is 1. The van der Waals surface area contributed by atoms with Crippen molar-refractivity contribution in [2.45, 2.75) is 26.8 Å². The summed E-state index contributed by atoms with van der Waals surface area (Å²) in [5, 5.41) is 0. The van der Waals surface area contributed by atoms with Gasteiger partial charge in [0.1, 0.15) is 18.5 Å². The average molecular weight is 328 g/mol. The van der Waals surface area contributed by atoms with Gasteiger partial charge >= 0.3 is 5.97 Å². The van der Waals surface area contributed by atoms with E-state index < -0.39 is 12.0 Å². The van der Waals surface area contributed by atoms with E-state index in [-0.39, 0.29) is 18.4 Å². The van der Waals surface area contributed by atoms with E-state index in [4.69, 9.17) is 21.1 Å². The highest BCUT2D eigenvalue weighted by molar-refractivity contribution is 6.29. The molecule has 1 rings (SSSR count). The second-order valence-electron chi connectivity index (χ2n) is 4.97. The summed E-state index contributed by atoms with van der Waals surface area (Å²) in [6.45, 7) is 5.87. The van der Waals surface area contributed by atoms with E-state index in [9.17, 15) is 9.59 Å². The number of aryl methyl sites for hydroxylation is 2. The molecule has 5 nitrogen and oxygen atoms in total. The van der Waals surface area contributed by atoms with Crippen LogP contribution in [0.15, 0.2) is 18.2 Å². The number of ether oxygens (including phenoxy) is 2. The molecule has 1 aromatic rings. The van der Waals surface area contributed by atoms with Gasteiger partial charge in [-0.25, -0.2) is 4.79 Å². The summed E-state index contributed by atoms with van der Waals surface area (Å²) in [4.78, 5) is 25.8. The molecule has 1 amide bonds. The molecular weight excluding hydrogens is 306 g/mol. The summed E-state index contributed by atoms with van der Waals surface area (Å²) in [6, 6.07) is 4.92. The molecule has 0 saturated carbocycles. The molecule has 0 saturated heterocycles. The summed E-state index contributed by atoms with van der Waals surface area (Å²) < 4.78 is 9.97. The van der Waals surface area contributed by atoms with Gasteiger partial charge in [0, 0.05) is 7.11 Å². The maximum Gasteiger partial charge on any atom is 0.329 e. The molecule has 1 atom stereocenters. The molecule has 0 aliphatic heterocycles. The van der Waals surface area contributed by atoms with Gasteiger partial charge in [-0.05, 0) is 31.9 Å². The first-order valence-electron chi connectivity index (χ1n) is 7.03. The Morgan fingerprint density at radius 3 is 2.32 bits per heavy atom. The second-order valence-corrected chi connectivity index (χ2v) is 5.24. The van der Waals surface area contributed by atoms with Gasteiger partial charge in [-0.15, -0.1) is 11.6 Å². The number of methoxy groups -OCH3 is 1. The van der Waals surface area contributed by atoms with Gasteiger partial charge in [0.2, 0.25) is 5.91 Å². The van der Waals surface area contributed by atoms with Crippen molar-refractivity contribution in [2.75, 3.05) is 31.1 Å². The SMILES string of the molecule is COCCOC(=O)C(C)N(C(=O)CCl)c1c(C)cccc1C. The van der Waals surface area contributed by atoms with E-state index in [2.05, 4.69) is 0 Å². The van der Waals surface area contributed by atoms with Gasteiger partial charge in [-0.2, -0.15) is 0 Å². The Morgan fingerprint density at radius 2 is 1.82 bits per heavy atom. The number of halogens is 1. The fourth-order valence-electron chi connectivity index (χ4n) is 2.24. The molecule has 0 aromatic heterocycles. The lowest BCUT2D eigenvalue weighted by Crippen LogP contribution is -2.46. The first-order chi connectivity index (χ1) is 10.4. The van der Waals surface area contributed by atoms with Crippen molar-refractivity contribution in [3.63, 3.8) is 0 Å². The number of carbonyl (C=O) groups is 2. The molecule has 0 aliphatic rings. The zero-order valence-corrected chi connectivity index (χ0v) is 14.1. The molecule has 0 heterocycles. The topological polar surface area (TPSA) is 55.8 Å². The second kappa shape index (κ2) is 8.76. The van der Waals surface area contributed by atoms with Gasteiger partial charge in [-0.1, -0.05) is 18.2 Å². The van der Waals surface area contributed by atoms with Gasteiger partial charge < -0.3 is 9.47 Å². The quantitative estimate of drug-likeness (QED) is 0.438. The van der Waals surface area contributed by atoms with Gasteiger partial charge in [0.05, 0.1) is 12.3 Å². The maximum absolute atomic E-state index is 12.3. The first-order valence-corrected chi connectivity index (χ1v) is 7.57. The third-order valence-electron chi connectivity index (χ3n) is 3.32. The Balaban J connectivity index is 3.08. The number of carbonyl (C=O) groups excluding carboxylic acids is 2. The zero-order valence-electron chi connectivity index (χ0n) is 13.4. The van der Waals surface area contributed by atoms with Crippen LogP contribution in [0.5, 0.6) is 0 Å². The third-order valence-corrected chi connectivity index (χ3v) is 3.55. The average Bonchev–Trinajstić information content (AvgIpc) is 2.50. The predicted molar refractivity (Wildman–Crippen MR) is 86.4 cm³/mol. The molecule has 0 aliphatic carbocycles. The van der Waals surface area contributed by atoms with Crippen LogP contribution in [0.3, 0.4) is 0 Å². The normalized spacial score (nSPS) is 11.9. The van der Waals surface area contributed by atoms with Crippen molar-refractivity contribution < 1.29 is 19.1 Å². The number of hydrogen-bond acceptors (Lipinski definition) is 4. The Morgan fingerprint density at radius 1 is 1.23 bits per heavy atom. The van der Waals surface area contributed by atoms with Crippen LogP contribution in [0.25, 0.3) is 0 Å². The highest BCUT2D eigenvalue weighted by Gasteiger charge is 2.29. The van der Waals surface area contributed by atoms with Crippen molar-refractivity contribution in [1.29, 1.82) is 0 Å². The van der Waals surface area contributed by atoms with Crippen molar-refractivity contribution in [3.8, 4) is 0 Å². The summed E-state index contributed by atoms with van der Waals surface area (Å²) in [5.74, 6) is -1.03. The van der Waals surface area contributed by atoms with Crippen molar-refractivity contribution in [3.05, 3.63) is 29.3 Å². The fraction of sp³-hybridized carbons (Fsp3) is 0.500. The van der Waals surface area contributed by atoms with Crippen molar-refractivity contribution in [2.24, 2.45) is 0 Å². The summed E-state index contributed by atoms with van der Waals surface area (Å²) in [7, 11) is 1.53. The van der Waals surface area contributed by atoms with Crippen LogP contribution < -0.4 is 4.90 Å². The van der Waals surface area contributed by atoms with Gasteiger partial charge in [-0.3, -0.25) is 9.69 Å². The molecule has 0 bridgehead atoms. The number of anilines is 1. The number of benzene rings is 1. The van der Waals surface area contributed by atoms with E-state index in [0.717, 1.165) is 11.1 Å². The minimum absolute atomic E-state index is 0.148. The van der Waals surface area contributed by atoms with E-state index in [0.29, 0.717) is 12.3 Å². The predicted octanol–water partition coefficient (Wildman–Crippen LogP) is 2.45. The number of para-hydroxylation sites is 1. The van der Waals surface area contributed by atoms with Crippen LogP contribution >= 0.6 is 11.6 Å². The molecule has 0 fully saturated rings. The van der Waals surface area contributed by atoms with Crippen molar-refractivity contribution >= 4 is 29.2 Å².